The molecule has 0 saturated heterocycles. The molecular weight excluding hydrogens is 536 g/mol. The first-order valence-electron chi connectivity index (χ1n) is 14.5. The SMILES string of the molecule is [C-]#[N+]c1cc(-n2c3ccc4ccccc4c3c3c4ccccc4ccc32)c(C#N)cc1-n1c2ccccc2c2ccccc21. The predicted octanol–water partition coefficient (Wildman–Crippen LogP) is 10.6. The van der Waals surface area contributed by atoms with Crippen LogP contribution in [-0.2, 0) is 0 Å². The molecule has 0 radical (unpaired) electrons. The van der Waals surface area contributed by atoms with E-state index in [2.05, 4.69) is 117 Å². The monoisotopic (exact) mass is 558 g/mol. The van der Waals surface area contributed by atoms with Crippen molar-refractivity contribution < 1.29 is 0 Å². The zero-order valence-electron chi connectivity index (χ0n) is 23.5. The third-order valence-electron chi connectivity index (χ3n) is 8.94. The van der Waals surface area contributed by atoms with E-state index in [1.165, 1.54) is 0 Å². The van der Waals surface area contributed by atoms with Crippen LogP contribution in [0.5, 0.6) is 0 Å². The minimum Gasteiger partial charge on any atom is -0.319 e. The van der Waals surface area contributed by atoms with E-state index < -0.39 is 0 Å². The highest BCUT2D eigenvalue weighted by Crippen LogP contribution is 2.43. The molecule has 0 bridgehead atoms. The number of fused-ring (bicyclic) bond motifs is 10. The van der Waals surface area contributed by atoms with Crippen molar-refractivity contribution in [2.75, 3.05) is 0 Å². The Balaban J connectivity index is 1.43. The molecule has 2 aromatic heterocycles. The number of nitrogens with zero attached hydrogens (tertiary/aromatic N) is 4. The smallest absolute Gasteiger partial charge is 0.212 e. The van der Waals surface area contributed by atoms with Gasteiger partial charge in [-0.1, -0.05) is 97.1 Å². The molecule has 202 valence electrons. The summed E-state index contributed by atoms with van der Waals surface area (Å²) in [7, 11) is 0. The van der Waals surface area contributed by atoms with E-state index in [1.54, 1.807) is 0 Å². The minimum atomic E-state index is 0.488. The molecule has 0 N–H and O–H groups in total. The van der Waals surface area contributed by atoms with Crippen molar-refractivity contribution >= 4 is 70.8 Å². The average Bonchev–Trinajstić information content (AvgIpc) is 3.61. The number of hydrogen-bond donors (Lipinski definition) is 0. The van der Waals surface area contributed by atoms with Gasteiger partial charge in [-0.05, 0) is 57.9 Å². The van der Waals surface area contributed by atoms with Crippen LogP contribution in [-0.4, -0.2) is 9.13 Å². The normalized spacial score (nSPS) is 11.6. The lowest BCUT2D eigenvalue weighted by atomic mass is 10.00. The molecular formula is C40H22N4. The lowest BCUT2D eigenvalue weighted by Gasteiger charge is -2.16. The Morgan fingerprint density at radius 1 is 0.500 bits per heavy atom. The van der Waals surface area contributed by atoms with Gasteiger partial charge in [-0.15, -0.1) is 0 Å². The van der Waals surface area contributed by atoms with Gasteiger partial charge in [0.1, 0.15) is 6.07 Å². The number of para-hydroxylation sites is 2. The van der Waals surface area contributed by atoms with Crippen molar-refractivity contribution in [2.45, 2.75) is 0 Å². The van der Waals surface area contributed by atoms with Crippen molar-refractivity contribution in [3.05, 3.63) is 150 Å². The third-order valence-corrected chi connectivity index (χ3v) is 8.94. The molecule has 0 aliphatic heterocycles. The first-order valence-corrected chi connectivity index (χ1v) is 14.5. The van der Waals surface area contributed by atoms with Crippen molar-refractivity contribution in [1.29, 1.82) is 5.26 Å². The number of nitriles is 1. The van der Waals surface area contributed by atoms with Crippen LogP contribution >= 0.6 is 0 Å². The highest BCUT2D eigenvalue weighted by Gasteiger charge is 2.22. The van der Waals surface area contributed by atoms with Crippen molar-refractivity contribution in [1.82, 2.24) is 9.13 Å². The van der Waals surface area contributed by atoms with Gasteiger partial charge in [-0.3, -0.25) is 0 Å². The zero-order valence-corrected chi connectivity index (χ0v) is 23.5. The van der Waals surface area contributed by atoms with E-state index in [4.69, 9.17) is 6.57 Å². The lowest BCUT2D eigenvalue weighted by Crippen LogP contribution is -2.01. The highest BCUT2D eigenvalue weighted by molar-refractivity contribution is 6.28. The predicted molar refractivity (Wildman–Crippen MR) is 181 cm³/mol. The Hall–Kier alpha value is -6.36. The van der Waals surface area contributed by atoms with Crippen LogP contribution < -0.4 is 0 Å². The van der Waals surface area contributed by atoms with Crippen molar-refractivity contribution in [2.24, 2.45) is 0 Å². The van der Waals surface area contributed by atoms with Gasteiger partial charge in [0.05, 0.1) is 45.6 Å². The van der Waals surface area contributed by atoms with Crippen molar-refractivity contribution in [3.8, 4) is 17.4 Å². The molecule has 0 spiro atoms. The van der Waals surface area contributed by atoms with E-state index in [9.17, 15) is 5.26 Å². The number of benzene rings is 7. The van der Waals surface area contributed by atoms with Gasteiger partial charge in [0.15, 0.2) is 0 Å². The molecule has 0 aliphatic carbocycles. The quantitative estimate of drug-likeness (QED) is 0.195. The molecule has 0 fully saturated rings. The molecule has 0 unspecified atom stereocenters. The first kappa shape index (κ1) is 24.3. The molecule has 4 heteroatoms. The van der Waals surface area contributed by atoms with Gasteiger partial charge in [-0.2, -0.15) is 5.26 Å². The van der Waals surface area contributed by atoms with Crippen molar-refractivity contribution in [3.63, 3.8) is 0 Å². The summed E-state index contributed by atoms with van der Waals surface area (Å²) in [5, 5.41) is 19.8. The second-order valence-corrected chi connectivity index (χ2v) is 11.1. The minimum absolute atomic E-state index is 0.488. The summed E-state index contributed by atoms with van der Waals surface area (Å²) in [5.74, 6) is 0. The van der Waals surface area contributed by atoms with Crippen LogP contribution in [0.4, 0.5) is 5.69 Å². The van der Waals surface area contributed by atoms with Crippen LogP contribution in [0.25, 0.3) is 81.4 Å². The molecule has 9 aromatic rings. The summed E-state index contributed by atoms with van der Waals surface area (Å²) in [6, 6.07) is 48.2. The van der Waals surface area contributed by atoms with Crippen LogP contribution in [0.2, 0.25) is 0 Å². The summed E-state index contributed by atoms with van der Waals surface area (Å²) in [6.45, 7) is 8.31. The average molecular weight is 559 g/mol. The zero-order chi connectivity index (χ0) is 29.4. The van der Waals surface area contributed by atoms with Gasteiger partial charge >= 0.3 is 0 Å². The maximum Gasteiger partial charge on any atom is 0.212 e. The maximum absolute atomic E-state index is 10.7. The Morgan fingerprint density at radius 3 is 1.50 bits per heavy atom. The Kier molecular flexibility index (Phi) is 5.00. The molecule has 0 amide bonds. The third kappa shape index (κ3) is 3.20. The highest BCUT2D eigenvalue weighted by atomic mass is 15.0. The fraction of sp³-hybridized carbons (Fsp3) is 0. The first-order chi connectivity index (χ1) is 21.8. The Labute approximate surface area is 252 Å². The van der Waals surface area contributed by atoms with E-state index in [-0.39, 0.29) is 0 Å². The van der Waals surface area contributed by atoms with Gasteiger partial charge in [-0.25, -0.2) is 4.85 Å². The summed E-state index contributed by atoms with van der Waals surface area (Å²) in [5.41, 5.74) is 6.42. The largest absolute Gasteiger partial charge is 0.319 e. The molecule has 0 saturated carbocycles. The van der Waals surface area contributed by atoms with Crippen LogP contribution in [0.15, 0.2) is 133 Å². The molecule has 4 nitrogen and oxygen atoms in total. The molecule has 44 heavy (non-hydrogen) atoms. The maximum atomic E-state index is 10.7. The van der Waals surface area contributed by atoms with E-state index in [0.29, 0.717) is 22.6 Å². The van der Waals surface area contributed by atoms with Crippen LogP contribution in [0.1, 0.15) is 5.56 Å². The number of aromatic nitrogens is 2. The molecule has 2 heterocycles. The summed E-state index contributed by atoms with van der Waals surface area (Å²) < 4.78 is 4.29. The molecule has 9 rings (SSSR count). The van der Waals surface area contributed by atoms with Crippen LogP contribution in [0, 0.1) is 17.9 Å². The van der Waals surface area contributed by atoms with E-state index in [1.807, 2.05) is 36.4 Å². The topological polar surface area (TPSA) is 38.0 Å². The van der Waals surface area contributed by atoms with Gasteiger partial charge in [0.2, 0.25) is 5.69 Å². The molecule has 0 atom stereocenters. The fourth-order valence-electron chi connectivity index (χ4n) is 7.10. The van der Waals surface area contributed by atoms with E-state index in [0.717, 1.165) is 65.2 Å². The summed E-state index contributed by atoms with van der Waals surface area (Å²) in [6.07, 6.45) is 0. The van der Waals surface area contributed by atoms with Gasteiger partial charge < -0.3 is 9.13 Å². The number of hydrogen-bond acceptors (Lipinski definition) is 1. The fourth-order valence-corrected chi connectivity index (χ4v) is 7.10. The lowest BCUT2D eigenvalue weighted by molar-refractivity contribution is 1.14. The number of rotatable bonds is 2. The van der Waals surface area contributed by atoms with E-state index >= 15 is 0 Å². The molecule has 7 aromatic carbocycles. The molecule has 0 aliphatic rings. The Morgan fingerprint density at radius 2 is 0.977 bits per heavy atom. The van der Waals surface area contributed by atoms with Gasteiger partial charge in [0, 0.05) is 21.5 Å². The van der Waals surface area contributed by atoms with Crippen LogP contribution in [0.3, 0.4) is 0 Å². The van der Waals surface area contributed by atoms with Gasteiger partial charge in [0.25, 0.3) is 0 Å². The second kappa shape index (κ2) is 9.07. The standard InChI is InChI=1S/C40H22N4/c1-42-32-23-37(27(24-41)22-38(32)43-33-16-8-6-14-30(33)31-15-7-9-17-34(31)43)44-35-20-18-25-10-2-4-12-28(25)39(35)40-29-13-5-3-11-26(29)19-21-36(40)44/h2-23H. The summed E-state index contributed by atoms with van der Waals surface area (Å²) >= 11 is 0. The summed E-state index contributed by atoms with van der Waals surface area (Å²) in [4.78, 5) is 4.05. The second-order valence-electron chi connectivity index (χ2n) is 11.1. The Bertz CT molecular complexity index is 2600.